The first kappa shape index (κ1) is 13.3. The molecular formula is C9H9ClIN5O2. The van der Waals surface area contributed by atoms with Crippen molar-refractivity contribution in [2.45, 2.75) is 6.54 Å². The summed E-state index contributed by atoms with van der Waals surface area (Å²) in [4.78, 5) is 16.3. The summed E-state index contributed by atoms with van der Waals surface area (Å²) < 4.78 is 1.73. The van der Waals surface area contributed by atoms with E-state index < -0.39 is 5.03 Å². The molecule has 0 amide bonds. The van der Waals surface area contributed by atoms with E-state index >= 15 is 0 Å². The summed E-state index contributed by atoms with van der Waals surface area (Å²) in [5.74, 6) is 0.357. The van der Waals surface area contributed by atoms with Gasteiger partial charge in [-0.1, -0.05) is 17.7 Å². The van der Waals surface area contributed by atoms with E-state index in [0.717, 1.165) is 5.56 Å². The summed E-state index contributed by atoms with van der Waals surface area (Å²) in [6, 6.07) is 3.54. The van der Waals surface area contributed by atoms with Gasteiger partial charge in [-0.05, 0) is 11.6 Å². The molecule has 1 aromatic heterocycles. The van der Waals surface area contributed by atoms with Crippen molar-refractivity contribution in [1.82, 2.24) is 13.0 Å². The van der Waals surface area contributed by atoms with Crippen LogP contribution in [0.4, 0.5) is 0 Å². The second-order valence-corrected chi connectivity index (χ2v) is 5.19. The van der Waals surface area contributed by atoms with Crippen LogP contribution in [0.2, 0.25) is 5.15 Å². The number of pyridine rings is 1. The zero-order valence-electron chi connectivity index (χ0n) is 9.16. The van der Waals surface area contributed by atoms with Gasteiger partial charge in [-0.25, -0.2) is 15.1 Å². The average Bonchev–Trinajstić information content (AvgIpc) is 2.64. The van der Waals surface area contributed by atoms with Gasteiger partial charge < -0.3 is 4.90 Å². The molecule has 1 aliphatic rings. The van der Waals surface area contributed by atoms with Crippen LogP contribution in [0.15, 0.2) is 23.4 Å². The van der Waals surface area contributed by atoms with Crippen molar-refractivity contribution >= 4 is 40.4 Å². The maximum atomic E-state index is 10.5. The van der Waals surface area contributed by atoms with Crippen LogP contribution in [0.25, 0.3) is 0 Å². The number of nitro groups is 1. The lowest BCUT2D eigenvalue weighted by Crippen LogP contribution is -2.29. The van der Waals surface area contributed by atoms with Gasteiger partial charge in [0.05, 0.1) is 22.9 Å². The van der Waals surface area contributed by atoms with Gasteiger partial charge in [-0.15, -0.1) is 0 Å². The average molecular weight is 382 g/mol. The van der Waals surface area contributed by atoms with Crippen LogP contribution in [-0.2, 0) is 6.54 Å². The van der Waals surface area contributed by atoms with Gasteiger partial charge in [-0.2, -0.15) is 0 Å². The second kappa shape index (κ2) is 5.65. The molecule has 0 aliphatic carbocycles. The van der Waals surface area contributed by atoms with Crippen LogP contribution in [0.1, 0.15) is 5.56 Å². The predicted molar refractivity (Wildman–Crippen MR) is 74.8 cm³/mol. The Morgan fingerprint density at radius 3 is 2.94 bits per heavy atom. The van der Waals surface area contributed by atoms with Gasteiger partial charge in [-0.3, -0.25) is 3.11 Å². The third-order valence-electron chi connectivity index (χ3n) is 2.40. The van der Waals surface area contributed by atoms with Crippen LogP contribution < -0.4 is 0 Å². The lowest BCUT2D eigenvalue weighted by molar-refractivity contribution is -0.486. The van der Waals surface area contributed by atoms with Crippen molar-refractivity contribution in [3.63, 3.8) is 0 Å². The first-order chi connectivity index (χ1) is 8.56. The zero-order valence-corrected chi connectivity index (χ0v) is 12.1. The molecule has 0 atom stereocenters. The SMILES string of the molecule is O=[N+]([O-])N=C1N(I)CCN1Cc1ccc(Cl)nc1. The van der Waals surface area contributed by atoms with Crippen molar-refractivity contribution in [2.24, 2.45) is 5.10 Å². The molecule has 1 aliphatic heterocycles. The Morgan fingerprint density at radius 2 is 2.33 bits per heavy atom. The Hall–Kier alpha value is -1.16. The van der Waals surface area contributed by atoms with E-state index in [1.54, 1.807) is 15.4 Å². The molecule has 2 rings (SSSR count). The molecule has 0 radical (unpaired) electrons. The number of hydrogen-bond acceptors (Lipinski definition) is 3. The molecule has 1 fully saturated rings. The molecular weight excluding hydrogens is 372 g/mol. The number of hydrazone groups is 1. The molecule has 0 aromatic carbocycles. The van der Waals surface area contributed by atoms with Gasteiger partial charge in [0.1, 0.15) is 10.3 Å². The number of hydrogen-bond donors (Lipinski definition) is 0. The van der Waals surface area contributed by atoms with Crippen molar-refractivity contribution in [3.05, 3.63) is 39.2 Å². The molecule has 1 aromatic rings. The normalized spacial score (nSPS) is 17.6. The van der Waals surface area contributed by atoms with E-state index in [4.69, 9.17) is 11.6 Å². The number of nitrogens with zero attached hydrogens (tertiary/aromatic N) is 5. The molecule has 0 saturated carbocycles. The Bertz CT molecular complexity index is 480. The van der Waals surface area contributed by atoms with Gasteiger partial charge >= 0.3 is 0 Å². The van der Waals surface area contributed by atoms with Crippen molar-refractivity contribution < 1.29 is 5.03 Å². The van der Waals surface area contributed by atoms with Gasteiger partial charge in [0.25, 0.3) is 5.96 Å². The molecule has 1 saturated heterocycles. The van der Waals surface area contributed by atoms with Crippen LogP contribution >= 0.6 is 34.5 Å². The molecule has 2 heterocycles. The molecule has 18 heavy (non-hydrogen) atoms. The highest BCUT2D eigenvalue weighted by Gasteiger charge is 2.28. The molecule has 0 bridgehead atoms. The number of guanidine groups is 1. The lowest BCUT2D eigenvalue weighted by Gasteiger charge is -2.16. The predicted octanol–water partition coefficient (Wildman–Crippen LogP) is 1.75. The minimum atomic E-state index is -0.681. The molecule has 0 N–H and O–H groups in total. The smallest absolute Gasteiger partial charge is 0.283 e. The van der Waals surface area contributed by atoms with Gasteiger partial charge in [0.2, 0.25) is 0 Å². The van der Waals surface area contributed by atoms with Crippen LogP contribution in [-0.4, -0.2) is 37.1 Å². The Labute approximate surface area is 122 Å². The Balaban J connectivity index is 2.13. The number of halogens is 2. The molecule has 96 valence electrons. The summed E-state index contributed by atoms with van der Waals surface area (Å²) in [5, 5.41) is 13.6. The first-order valence-electron chi connectivity index (χ1n) is 5.08. The summed E-state index contributed by atoms with van der Waals surface area (Å²) in [5.41, 5.74) is 0.933. The summed E-state index contributed by atoms with van der Waals surface area (Å²) in [7, 11) is 0. The Kier molecular flexibility index (Phi) is 4.17. The third-order valence-corrected chi connectivity index (χ3v) is 3.54. The summed E-state index contributed by atoms with van der Waals surface area (Å²) >= 11 is 7.71. The molecule has 0 unspecified atom stereocenters. The summed E-state index contributed by atoms with van der Waals surface area (Å²) in [6.07, 6.45) is 1.65. The first-order valence-corrected chi connectivity index (χ1v) is 6.42. The molecule has 0 spiro atoms. The minimum absolute atomic E-state index is 0.357. The highest BCUT2D eigenvalue weighted by Crippen LogP contribution is 2.17. The molecule has 9 heteroatoms. The maximum Gasteiger partial charge on any atom is 0.283 e. The summed E-state index contributed by atoms with van der Waals surface area (Å²) in [6.45, 7) is 1.92. The van der Waals surface area contributed by atoms with E-state index in [1.807, 2.05) is 33.8 Å². The van der Waals surface area contributed by atoms with Crippen molar-refractivity contribution in [3.8, 4) is 0 Å². The number of aromatic nitrogens is 1. The van der Waals surface area contributed by atoms with Gasteiger partial charge in [0.15, 0.2) is 5.03 Å². The number of rotatable bonds is 3. The largest absolute Gasteiger partial charge is 0.331 e. The van der Waals surface area contributed by atoms with E-state index in [9.17, 15) is 10.1 Å². The maximum absolute atomic E-state index is 10.5. The van der Waals surface area contributed by atoms with Gasteiger partial charge in [0, 0.05) is 25.8 Å². The van der Waals surface area contributed by atoms with Crippen LogP contribution in [0.5, 0.6) is 0 Å². The zero-order chi connectivity index (χ0) is 13.1. The van der Waals surface area contributed by atoms with E-state index in [1.165, 1.54) is 0 Å². The minimum Gasteiger partial charge on any atom is -0.331 e. The van der Waals surface area contributed by atoms with Crippen LogP contribution in [0.3, 0.4) is 0 Å². The highest BCUT2D eigenvalue weighted by molar-refractivity contribution is 14.1. The second-order valence-electron chi connectivity index (χ2n) is 3.63. The fourth-order valence-corrected chi connectivity index (χ4v) is 2.35. The van der Waals surface area contributed by atoms with Crippen molar-refractivity contribution in [2.75, 3.05) is 13.1 Å². The van der Waals surface area contributed by atoms with Crippen molar-refractivity contribution in [1.29, 1.82) is 0 Å². The van der Waals surface area contributed by atoms with E-state index in [0.29, 0.717) is 30.7 Å². The Morgan fingerprint density at radius 1 is 1.56 bits per heavy atom. The topological polar surface area (TPSA) is 74.9 Å². The van der Waals surface area contributed by atoms with E-state index in [-0.39, 0.29) is 0 Å². The standard InChI is InChI=1S/C9H9ClIN5O2/c10-8-2-1-7(5-12-8)6-14-3-4-15(11)9(14)13-16(17)18/h1-2,5H,3-4,6H2. The van der Waals surface area contributed by atoms with Crippen LogP contribution in [0, 0.1) is 10.1 Å². The van der Waals surface area contributed by atoms with E-state index in [2.05, 4.69) is 10.1 Å². The fraction of sp³-hybridized carbons (Fsp3) is 0.333. The monoisotopic (exact) mass is 381 g/mol. The lowest BCUT2D eigenvalue weighted by atomic mass is 10.3. The highest BCUT2D eigenvalue weighted by atomic mass is 127. The third kappa shape index (κ3) is 3.19. The fourth-order valence-electron chi connectivity index (χ4n) is 1.62. The quantitative estimate of drug-likeness (QED) is 0.262. The molecule has 7 nitrogen and oxygen atoms in total.